The zero-order valence-corrected chi connectivity index (χ0v) is 16.3. The molecule has 3 aliphatic heterocycles. The maximum atomic E-state index is 12.1. The lowest BCUT2D eigenvalue weighted by molar-refractivity contribution is -0.150. The number of carbonyl (C=O) groups excluding carboxylic acids is 2. The summed E-state index contributed by atoms with van der Waals surface area (Å²) >= 11 is 0. The minimum Gasteiger partial charge on any atom is -0.744 e. The van der Waals surface area contributed by atoms with Gasteiger partial charge in [-0.25, -0.2) is 13.2 Å². The van der Waals surface area contributed by atoms with Crippen LogP contribution >= 0.6 is 0 Å². The average Bonchev–Trinajstić information content (AvgIpc) is 3.21. The van der Waals surface area contributed by atoms with Gasteiger partial charge in [0, 0.05) is 5.92 Å². The second-order valence-electron chi connectivity index (χ2n) is 7.85. The van der Waals surface area contributed by atoms with Gasteiger partial charge in [-0.2, -0.15) is 0 Å². The Morgan fingerprint density at radius 1 is 1.21 bits per heavy atom. The molecule has 3 saturated heterocycles. The smallest absolute Gasteiger partial charge is 0.337 e. The molecule has 0 radical (unpaired) electrons. The summed E-state index contributed by atoms with van der Waals surface area (Å²) in [5.41, 5.74) is -1.20. The summed E-state index contributed by atoms with van der Waals surface area (Å²) in [6, 6.07) is 4.41. The van der Waals surface area contributed by atoms with Gasteiger partial charge in [-0.1, -0.05) is 0 Å². The highest BCUT2D eigenvalue weighted by Gasteiger charge is 2.71. The standard InChI is InChI=1S/C18H20O10S/c1-18(2,21)12-11-13-16(28-17(11)20)15(14(12)27-13)25-7-10(19)26-8-3-5-9(6-4-8)29(22,23)24/h3-6,11-16,21H,7H2,1-2H3,(H,22,23,24)/p-1. The van der Waals surface area contributed by atoms with Crippen molar-refractivity contribution in [2.24, 2.45) is 11.8 Å². The van der Waals surface area contributed by atoms with Gasteiger partial charge in [-0.05, 0) is 38.1 Å². The molecular formula is C18H19O10S-. The van der Waals surface area contributed by atoms with E-state index in [0.29, 0.717) is 0 Å². The first-order chi connectivity index (χ1) is 13.5. The van der Waals surface area contributed by atoms with Gasteiger partial charge in [0.1, 0.15) is 34.7 Å². The first-order valence-electron chi connectivity index (χ1n) is 8.93. The van der Waals surface area contributed by atoms with E-state index in [1.54, 1.807) is 13.8 Å². The normalized spacial score (nSPS) is 33.0. The second kappa shape index (κ2) is 6.74. The third kappa shape index (κ3) is 3.53. The monoisotopic (exact) mass is 427 g/mol. The third-order valence-electron chi connectivity index (χ3n) is 5.46. The summed E-state index contributed by atoms with van der Waals surface area (Å²) in [4.78, 5) is 23.8. The van der Waals surface area contributed by atoms with Crippen molar-refractivity contribution in [1.29, 1.82) is 0 Å². The van der Waals surface area contributed by atoms with Crippen LogP contribution in [-0.2, 0) is 33.9 Å². The molecular weight excluding hydrogens is 408 g/mol. The van der Waals surface area contributed by atoms with E-state index in [1.165, 1.54) is 12.1 Å². The van der Waals surface area contributed by atoms with Crippen molar-refractivity contribution in [2.75, 3.05) is 6.61 Å². The fourth-order valence-corrected chi connectivity index (χ4v) is 4.82. The van der Waals surface area contributed by atoms with Gasteiger partial charge in [0.2, 0.25) is 0 Å². The van der Waals surface area contributed by atoms with Crippen LogP contribution in [0.1, 0.15) is 13.8 Å². The summed E-state index contributed by atoms with van der Waals surface area (Å²) < 4.78 is 54.6. The van der Waals surface area contributed by atoms with Crippen LogP contribution in [0.25, 0.3) is 0 Å². The summed E-state index contributed by atoms with van der Waals surface area (Å²) in [6.07, 6.45) is -2.49. The number of ether oxygens (including phenoxy) is 4. The molecule has 1 aromatic rings. The van der Waals surface area contributed by atoms with E-state index >= 15 is 0 Å². The number of esters is 2. The van der Waals surface area contributed by atoms with Crippen molar-refractivity contribution in [3.63, 3.8) is 0 Å². The topological polar surface area (TPSA) is 148 Å². The number of hydrogen-bond donors (Lipinski definition) is 1. The van der Waals surface area contributed by atoms with Gasteiger partial charge >= 0.3 is 11.9 Å². The van der Waals surface area contributed by atoms with E-state index in [4.69, 9.17) is 18.9 Å². The van der Waals surface area contributed by atoms with Crippen molar-refractivity contribution in [3.05, 3.63) is 24.3 Å². The third-order valence-corrected chi connectivity index (χ3v) is 6.31. The van der Waals surface area contributed by atoms with Crippen LogP contribution in [0.2, 0.25) is 0 Å². The first kappa shape index (κ1) is 20.2. The molecule has 3 aliphatic rings. The van der Waals surface area contributed by atoms with Crippen molar-refractivity contribution in [2.45, 2.75) is 48.8 Å². The van der Waals surface area contributed by atoms with Gasteiger partial charge in [0.15, 0.2) is 6.10 Å². The van der Waals surface area contributed by atoms with E-state index in [2.05, 4.69) is 0 Å². The van der Waals surface area contributed by atoms with Gasteiger partial charge in [0.05, 0.1) is 22.5 Å². The van der Waals surface area contributed by atoms with Crippen LogP contribution in [0.4, 0.5) is 0 Å². The maximum absolute atomic E-state index is 12.1. The number of hydrogen-bond acceptors (Lipinski definition) is 10. The van der Waals surface area contributed by atoms with Gasteiger partial charge in [-0.15, -0.1) is 0 Å². The molecule has 0 aliphatic carbocycles. The van der Waals surface area contributed by atoms with Crippen LogP contribution in [-0.4, -0.2) is 66.6 Å². The van der Waals surface area contributed by atoms with E-state index < -0.39 is 75.4 Å². The Balaban J connectivity index is 1.39. The van der Waals surface area contributed by atoms with E-state index in [9.17, 15) is 27.7 Å². The summed E-state index contributed by atoms with van der Waals surface area (Å²) in [7, 11) is -4.59. The number of aliphatic hydroxyl groups is 1. The predicted octanol–water partition coefficient (Wildman–Crippen LogP) is -0.409. The highest BCUT2D eigenvalue weighted by molar-refractivity contribution is 7.85. The minimum absolute atomic E-state index is 0.0388. The molecule has 4 rings (SSSR count). The predicted molar refractivity (Wildman–Crippen MR) is 91.6 cm³/mol. The van der Waals surface area contributed by atoms with E-state index in [0.717, 1.165) is 12.1 Å². The molecule has 29 heavy (non-hydrogen) atoms. The highest BCUT2D eigenvalue weighted by Crippen LogP contribution is 2.54. The molecule has 158 valence electrons. The molecule has 0 aromatic heterocycles. The van der Waals surface area contributed by atoms with E-state index in [-0.39, 0.29) is 5.75 Å². The van der Waals surface area contributed by atoms with Crippen LogP contribution in [0, 0.1) is 11.8 Å². The fraction of sp³-hybridized carbons (Fsp3) is 0.556. The van der Waals surface area contributed by atoms with E-state index in [1.807, 2.05) is 0 Å². The number of benzene rings is 1. The molecule has 3 fully saturated rings. The summed E-state index contributed by atoms with van der Waals surface area (Å²) in [5, 5.41) is 10.4. The maximum Gasteiger partial charge on any atom is 0.337 e. The van der Waals surface area contributed by atoms with Crippen molar-refractivity contribution >= 4 is 22.1 Å². The molecule has 6 atom stereocenters. The molecule has 3 heterocycles. The average molecular weight is 427 g/mol. The van der Waals surface area contributed by atoms with Gasteiger partial charge in [-0.3, -0.25) is 4.79 Å². The molecule has 10 nitrogen and oxygen atoms in total. The molecule has 0 amide bonds. The molecule has 2 bridgehead atoms. The largest absolute Gasteiger partial charge is 0.744 e. The Kier molecular flexibility index (Phi) is 4.70. The summed E-state index contributed by atoms with van der Waals surface area (Å²) in [6.45, 7) is 2.69. The first-order valence-corrected chi connectivity index (χ1v) is 10.3. The molecule has 1 N–H and O–H groups in total. The van der Waals surface area contributed by atoms with Crippen molar-refractivity contribution < 1.29 is 46.6 Å². The zero-order valence-electron chi connectivity index (χ0n) is 15.5. The van der Waals surface area contributed by atoms with Crippen LogP contribution < -0.4 is 4.74 Å². The van der Waals surface area contributed by atoms with Crippen LogP contribution in [0.5, 0.6) is 5.75 Å². The minimum atomic E-state index is -4.59. The lowest BCUT2D eigenvalue weighted by atomic mass is 9.71. The Hall–Kier alpha value is -2.05. The molecule has 1 aromatic carbocycles. The van der Waals surface area contributed by atoms with Crippen molar-refractivity contribution in [1.82, 2.24) is 0 Å². The Morgan fingerprint density at radius 3 is 2.45 bits per heavy atom. The van der Waals surface area contributed by atoms with Crippen LogP contribution in [0.3, 0.4) is 0 Å². The number of rotatable bonds is 6. The Bertz CT molecular complexity index is 932. The number of fused-ring (bicyclic) bond motifs is 1. The van der Waals surface area contributed by atoms with Gasteiger partial charge < -0.3 is 28.6 Å². The molecule has 0 saturated carbocycles. The Labute approximate surface area is 166 Å². The highest BCUT2D eigenvalue weighted by atomic mass is 32.2. The molecule has 6 unspecified atom stereocenters. The quantitative estimate of drug-likeness (QED) is 0.361. The van der Waals surface area contributed by atoms with Crippen molar-refractivity contribution in [3.8, 4) is 5.75 Å². The zero-order chi connectivity index (χ0) is 21.1. The lowest BCUT2D eigenvalue weighted by Crippen LogP contribution is -2.51. The lowest BCUT2D eigenvalue weighted by Gasteiger charge is -2.35. The fourth-order valence-electron chi connectivity index (χ4n) is 4.36. The summed E-state index contributed by atoms with van der Waals surface area (Å²) in [5.74, 6) is -2.27. The molecule has 11 heteroatoms. The second-order valence-corrected chi connectivity index (χ2v) is 9.23. The van der Waals surface area contributed by atoms with Crippen LogP contribution in [0.15, 0.2) is 29.2 Å². The van der Waals surface area contributed by atoms with Gasteiger partial charge in [0.25, 0.3) is 0 Å². The number of carbonyl (C=O) groups is 2. The SMILES string of the molecule is CC(C)(O)C1C2OC3C(OC(=O)C31)C2OCC(=O)Oc1ccc(S(=O)(=O)[O-])cc1. The Morgan fingerprint density at radius 2 is 1.86 bits per heavy atom. The molecule has 0 spiro atoms.